The van der Waals surface area contributed by atoms with Crippen molar-refractivity contribution in [1.82, 2.24) is 15.0 Å². The van der Waals surface area contributed by atoms with Crippen molar-refractivity contribution in [3.63, 3.8) is 0 Å². The first-order valence-corrected chi connectivity index (χ1v) is 10.6. The third kappa shape index (κ3) is 4.37. The van der Waals surface area contributed by atoms with E-state index in [1.54, 1.807) is 6.92 Å². The predicted molar refractivity (Wildman–Crippen MR) is 111 cm³/mol. The molecule has 0 unspecified atom stereocenters. The Morgan fingerprint density at radius 1 is 1.31 bits per heavy atom. The highest BCUT2D eigenvalue weighted by atomic mass is 32.1. The highest BCUT2D eigenvalue weighted by Crippen LogP contribution is 2.29. The highest BCUT2D eigenvalue weighted by Gasteiger charge is 2.29. The smallest absolute Gasteiger partial charge is 0.263 e. The number of likely N-dealkylation sites (tertiary alicyclic amines) is 1. The Balaban J connectivity index is 1.48. The summed E-state index contributed by atoms with van der Waals surface area (Å²) in [6.07, 6.45) is 2.22. The average Bonchev–Trinajstić information content (AvgIpc) is 3.46. The predicted octanol–water partition coefficient (Wildman–Crippen LogP) is 4.17. The molecule has 1 aliphatic rings. The van der Waals surface area contributed by atoms with Crippen LogP contribution >= 0.6 is 11.3 Å². The van der Waals surface area contributed by atoms with Gasteiger partial charge in [-0.3, -0.25) is 9.59 Å². The van der Waals surface area contributed by atoms with E-state index in [9.17, 15) is 9.59 Å². The van der Waals surface area contributed by atoms with Crippen molar-refractivity contribution in [3.8, 4) is 11.4 Å². The maximum Gasteiger partial charge on any atom is 0.263 e. The van der Waals surface area contributed by atoms with Crippen molar-refractivity contribution in [2.45, 2.75) is 32.1 Å². The second-order valence-corrected chi connectivity index (χ2v) is 7.95. The zero-order valence-electron chi connectivity index (χ0n) is 16.1. The minimum absolute atomic E-state index is 0.0249. The normalized spacial score (nSPS) is 16.6. The van der Waals surface area contributed by atoms with Crippen LogP contribution in [0.25, 0.3) is 11.4 Å². The number of carbonyl (C=O) groups excluding carboxylic acids is 2. The maximum absolute atomic E-state index is 12.6. The van der Waals surface area contributed by atoms with Gasteiger partial charge in [0.2, 0.25) is 17.6 Å². The second-order valence-electron chi connectivity index (χ2n) is 7.01. The van der Waals surface area contributed by atoms with E-state index >= 15 is 0 Å². The third-order valence-corrected chi connectivity index (χ3v) is 5.82. The molecule has 150 valence electrons. The summed E-state index contributed by atoms with van der Waals surface area (Å²) in [7, 11) is 0. The van der Waals surface area contributed by atoms with Crippen molar-refractivity contribution >= 4 is 28.8 Å². The summed E-state index contributed by atoms with van der Waals surface area (Å²) in [5.41, 5.74) is 1.47. The number of benzene rings is 1. The van der Waals surface area contributed by atoms with Gasteiger partial charge in [0, 0.05) is 30.8 Å². The molecular formula is C21H22N4O3S. The summed E-state index contributed by atoms with van der Waals surface area (Å²) in [4.78, 5) is 31.5. The Morgan fingerprint density at radius 3 is 3.00 bits per heavy atom. The second kappa shape index (κ2) is 8.57. The molecule has 29 heavy (non-hydrogen) atoms. The number of hydrogen-bond donors (Lipinski definition) is 1. The number of carbonyl (C=O) groups is 2. The van der Waals surface area contributed by atoms with Gasteiger partial charge in [0.25, 0.3) is 5.91 Å². The molecule has 1 aliphatic heterocycles. The minimum Gasteiger partial charge on any atom is -0.339 e. The molecule has 2 aromatic heterocycles. The van der Waals surface area contributed by atoms with Crippen molar-refractivity contribution in [1.29, 1.82) is 0 Å². The number of piperidine rings is 1. The Hall–Kier alpha value is -3.00. The van der Waals surface area contributed by atoms with Gasteiger partial charge in [-0.05, 0) is 36.4 Å². The first-order chi connectivity index (χ1) is 14.1. The summed E-state index contributed by atoms with van der Waals surface area (Å²) in [6.45, 7) is 3.12. The molecule has 1 N–H and O–H groups in total. The van der Waals surface area contributed by atoms with Gasteiger partial charge in [-0.15, -0.1) is 11.3 Å². The molecule has 3 heterocycles. The van der Waals surface area contributed by atoms with Crippen molar-refractivity contribution in [2.75, 3.05) is 18.4 Å². The lowest BCUT2D eigenvalue weighted by atomic mass is 9.98. The summed E-state index contributed by atoms with van der Waals surface area (Å²) in [6, 6.07) is 11.1. The molecule has 1 saturated heterocycles. The number of nitrogens with zero attached hydrogens (tertiary/aromatic N) is 3. The quantitative estimate of drug-likeness (QED) is 0.682. The average molecular weight is 410 g/mol. The Kier molecular flexibility index (Phi) is 5.71. The Bertz CT molecular complexity index is 999. The molecule has 2 amide bonds. The lowest BCUT2D eigenvalue weighted by Gasteiger charge is -2.30. The number of thiophene rings is 1. The molecule has 7 nitrogen and oxygen atoms in total. The van der Waals surface area contributed by atoms with Crippen molar-refractivity contribution in [3.05, 3.63) is 52.5 Å². The van der Waals surface area contributed by atoms with Crippen LogP contribution in [0.1, 0.15) is 47.7 Å². The fourth-order valence-corrected chi connectivity index (χ4v) is 4.11. The summed E-state index contributed by atoms with van der Waals surface area (Å²) < 4.78 is 5.54. The van der Waals surface area contributed by atoms with E-state index in [-0.39, 0.29) is 17.7 Å². The molecule has 3 aromatic rings. The van der Waals surface area contributed by atoms with E-state index in [4.69, 9.17) is 4.52 Å². The lowest BCUT2D eigenvalue weighted by Crippen LogP contribution is -2.38. The maximum atomic E-state index is 12.6. The summed E-state index contributed by atoms with van der Waals surface area (Å²) >= 11 is 1.46. The topological polar surface area (TPSA) is 88.3 Å². The zero-order chi connectivity index (χ0) is 20.2. The number of anilines is 1. The van der Waals surface area contributed by atoms with E-state index in [0.29, 0.717) is 30.4 Å². The molecule has 1 atom stereocenters. The molecule has 1 aromatic carbocycles. The monoisotopic (exact) mass is 410 g/mol. The lowest BCUT2D eigenvalue weighted by molar-refractivity contribution is -0.115. The van der Waals surface area contributed by atoms with Crippen LogP contribution in [0.5, 0.6) is 0 Å². The van der Waals surface area contributed by atoms with Crippen LogP contribution in [0.15, 0.2) is 46.3 Å². The molecule has 8 heteroatoms. The SMILES string of the molecule is CCC(=O)Nc1cccc(-c2noc([C@@H]3CCCN(C(=O)c4cccs4)C3)n2)c1. The Morgan fingerprint density at radius 2 is 2.21 bits per heavy atom. The summed E-state index contributed by atoms with van der Waals surface area (Å²) in [5.74, 6) is 1.07. The van der Waals surface area contributed by atoms with E-state index < -0.39 is 0 Å². The molecule has 0 aliphatic carbocycles. The van der Waals surface area contributed by atoms with E-state index in [0.717, 1.165) is 29.8 Å². The number of rotatable bonds is 5. The van der Waals surface area contributed by atoms with Gasteiger partial charge < -0.3 is 14.7 Å². The third-order valence-electron chi connectivity index (χ3n) is 4.96. The van der Waals surface area contributed by atoms with E-state index in [1.165, 1.54) is 11.3 Å². The fourth-order valence-electron chi connectivity index (χ4n) is 3.42. The van der Waals surface area contributed by atoms with Gasteiger partial charge in [-0.25, -0.2) is 0 Å². The molecule has 0 bridgehead atoms. The largest absolute Gasteiger partial charge is 0.339 e. The number of amides is 2. The molecule has 0 radical (unpaired) electrons. The number of hydrogen-bond acceptors (Lipinski definition) is 6. The molecule has 1 fully saturated rings. The van der Waals surface area contributed by atoms with Gasteiger partial charge >= 0.3 is 0 Å². The summed E-state index contributed by atoms with van der Waals surface area (Å²) in [5, 5.41) is 8.87. The van der Waals surface area contributed by atoms with Crippen LogP contribution in [0.4, 0.5) is 5.69 Å². The first-order valence-electron chi connectivity index (χ1n) is 9.70. The van der Waals surface area contributed by atoms with Crippen molar-refractivity contribution < 1.29 is 14.1 Å². The van der Waals surface area contributed by atoms with Gasteiger partial charge in [-0.2, -0.15) is 4.98 Å². The zero-order valence-corrected chi connectivity index (χ0v) is 16.9. The van der Waals surface area contributed by atoms with Gasteiger partial charge in [0.1, 0.15) is 0 Å². The number of aromatic nitrogens is 2. The van der Waals surface area contributed by atoms with Crippen LogP contribution in [0.2, 0.25) is 0 Å². The van der Waals surface area contributed by atoms with E-state index in [1.807, 2.05) is 46.7 Å². The molecule has 4 rings (SSSR count). The Labute approximate surface area is 172 Å². The van der Waals surface area contributed by atoms with Crippen LogP contribution in [-0.2, 0) is 4.79 Å². The van der Waals surface area contributed by atoms with Crippen LogP contribution in [0, 0.1) is 0 Å². The minimum atomic E-state index is -0.0475. The van der Waals surface area contributed by atoms with Crippen molar-refractivity contribution in [2.24, 2.45) is 0 Å². The first kappa shape index (κ1) is 19.3. The molecule has 0 saturated carbocycles. The standard InChI is InChI=1S/C21H22N4O3S/c1-2-18(26)22-16-8-3-6-14(12-16)19-23-20(28-24-19)15-7-4-10-25(13-15)21(27)17-9-5-11-29-17/h3,5-6,8-9,11-12,15H,2,4,7,10,13H2,1H3,(H,22,26)/t15-/m1/s1. The van der Waals surface area contributed by atoms with Crippen LogP contribution in [0.3, 0.4) is 0 Å². The molecular weight excluding hydrogens is 388 g/mol. The highest BCUT2D eigenvalue weighted by molar-refractivity contribution is 7.12. The van der Waals surface area contributed by atoms with Crippen LogP contribution < -0.4 is 5.32 Å². The van der Waals surface area contributed by atoms with Gasteiger partial charge in [0.05, 0.1) is 10.8 Å². The van der Waals surface area contributed by atoms with Gasteiger partial charge in [-0.1, -0.05) is 30.3 Å². The van der Waals surface area contributed by atoms with E-state index in [2.05, 4.69) is 15.5 Å². The number of nitrogens with one attached hydrogen (secondary N) is 1. The molecule has 0 spiro atoms. The van der Waals surface area contributed by atoms with Crippen LogP contribution in [-0.4, -0.2) is 39.9 Å². The fraction of sp³-hybridized carbons (Fsp3) is 0.333. The van der Waals surface area contributed by atoms with Gasteiger partial charge in [0.15, 0.2) is 0 Å².